The zero-order valence-electron chi connectivity index (χ0n) is 14.1. The molecule has 0 atom stereocenters. The highest BCUT2D eigenvalue weighted by Gasteiger charge is 2.21. The van der Waals surface area contributed by atoms with Crippen LogP contribution in [0.15, 0.2) is 59.6 Å². The van der Waals surface area contributed by atoms with E-state index in [1.54, 1.807) is 18.3 Å². The molecule has 5 nitrogen and oxygen atoms in total. The van der Waals surface area contributed by atoms with E-state index in [4.69, 9.17) is 4.74 Å². The van der Waals surface area contributed by atoms with Crippen LogP contribution in [0.2, 0.25) is 0 Å². The molecule has 1 aliphatic heterocycles. The first-order valence-corrected chi connectivity index (χ1v) is 9.76. The standard InChI is InChI=1S/C19H20N2O3S/c1-15-5-7-16(8-6-15)25(22,23)21-10-9-17-18(3-2-4-19(17)21)20-11-13-24-14-12-20/h2-10H,11-14H2,1H3. The van der Waals surface area contributed by atoms with Crippen LogP contribution in [0.1, 0.15) is 5.56 Å². The van der Waals surface area contributed by atoms with Crippen molar-refractivity contribution in [3.05, 3.63) is 60.3 Å². The molecular weight excluding hydrogens is 336 g/mol. The molecule has 1 aromatic heterocycles. The van der Waals surface area contributed by atoms with Crippen LogP contribution in [0, 0.1) is 6.92 Å². The van der Waals surface area contributed by atoms with Crippen LogP contribution in [0.5, 0.6) is 0 Å². The van der Waals surface area contributed by atoms with E-state index in [1.165, 1.54) is 3.97 Å². The number of hydrogen-bond donors (Lipinski definition) is 0. The number of morpholine rings is 1. The lowest BCUT2D eigenvalue weighted by Crippen LogP contribution is -2.36. The molecule has 2 heterocycles. The van der Waals surface area contributed by atoms with Gasteiger partial charge in [0.25, 0.3) is 10.0 Å². The lowest BCUT2D eigenvalue weighted by Gasteiger charge is -2.29. The van der Waals surface area contributed by atoms with Gasteiger partial charge in [-0.25, -0.2) is 12.4 Å². The maximum atomic E-state index is 13.0. The number of fused-ring (bicyclic) bond motifs is 1. The minimum Gasteiger partial charge on any atom is -0.378 e. The third kappa shape index (κ3) is 2.81. The summed E-state index contributed by atoms with van der Waals surface area (Å²) in [6.07, 6.45) is 1.64. The van der Waals surface area contributed by atoms with E-state index in [0.29, 0.717) is 23.6 Å². The molecule has 1 saturated heterocycles. The number of ether oxygens (including phenoxy) is 1. The zero-order valence-corrected chi connectivity index (χ0v) is 14.9. The quantitative estimate of drug-likeness (QED) is 0.724. The predicted molar refractivity (Wildman–Crippen MR) is 98.7 cm³/mol. The van der Waals surface area contributed by atoms with Crippen LogP contribution >= 0.6 is 0 Å². The monoisotopic (exact) mass is 356 g/mol. The van der Waals surface area contributed by atoms with Crippen molar-refractivity contribution in [2.75, 3.05) is 31.2 Å². The number of aromatic nitrogens is 1. The second-order valence-corrected chi connectivity index (χ2v) is 8.05. The molecule has 0 amide bonds. The molecule has 0 unspecified atom stereocenters. The number of rotatable bonds is 3. The molecule has 0 N–H and O–H groups in total. The second kappa shape index (κ2) is 6.20. The minimum absolute atomic E-state index is 0.298. The van der Waals surface area contributed by atoms with Gasteiger partial charge in [-0.05, 0) is 37.3 Å². The van der Waals surface area contributed by atoms with Gasteiger partial charge in [-0.1, -0.05) is 23.8 Å². The Bertz CT molecular complexity index is 1000. The fraction of sp³-hybridized carbons (Fsp3) is 0.263. The lowest BCUT2D eigenvalue weighted by molar-refractivity contribution is 0.123. The number of aryl methyl sites for hydroxylation is 1. The van der Waals surface area contributed by atoms with Crippen LogP contribution in [-0.2, 0) is 14.8 Å². The average Bonchev–Trinajstić information content (AvgIpc) is 3.08. The van der Waals surface area contributed by atoms with E-state index < -0.39 is 10.0 Å². The van der Waals surface area contributed by atoms with E-state index >= 15 is 0 Å². The Hall–Kier alpha value is -2.31. The first-order valence-electron chi connectivity index (χ1n) is 8.32. The number of nitrogens with zero attached hydrogens (tertiary/aromatic N) is 2. The van der Waals surface area contributed by atoms with Gasteiger partial charge in [0.15, 0.2) is 0 Å². The van der Waals surface area contributed by atoms with E-state index in [1.807, 2.05) is 43.3 Å². The summed E-state index contributed by atoms with van der Waals surface area (Å²) in [7, 11) is -3.61. The largest absolute Gasteiger partial charge is 0.378 e. The van der Waals surface area contributed by atoms with Crippen molar-refractivity contribution in [1.29, 1.82) is 0 Å². The van der Waals surface area contributed by atoms with Gasteiger partial charge in [-0.2, -0.15) is 0 Å². The average molecular weight is 356 g/mol. The van der Waals surface area contributed by atoms with Crippen molar-refractivity contribution in [2.45, 2.75) is 11.8 Å². The van der Waals surface area contributed by atoms with Gasteiger partial charge in [-0.3, -0.25) is 0 Å². The van der Waals surface area contributed by atoms with E-state index in [9.17, 15) is 8.42 Å². The number of anilines is 1. The SMILES string of the molecule is Cc1ccc(S(=O)(=O)n2ccc3c(N4CCOCC4)cccc32)cc1. The lowest BCUT2D eigenvalue weighted by atomic mass is 10.2. The van der Waals surface area contributed by atoms with Crippen LogP contribution < -0.4 is 4.90 Å². The van der Waals surface area contributed by atoms with Crippen LogP contribution in [-0.4, -0.2) is 38.7 Å². The highest BCUT2D eigenvalue weighted by Crippen LogP contribution is 2.30. The molecule has 1 fully saturated rings. The molecule has 0 radical (unpaired) electrons. The van der Waals surface area contributed by atoms with Crippen LogP contribution in [0.3, 0.4) is 0 Å². The summed E-state index contributed by atoms with van der Waals surface area (Å²) in [6.45, 7) is 4.96. The summed E-state index contributed by atoms with van der Waals surface area (Å²) in [5, 5.41) is 0.945. The summed E-state index contributed by atoms with van der Waals surface area (Å²) in [6, 6.07) is 14.6. The van der Waals surface area contributed by atoms with Crippen molar-refractivity contribution in [3.8, 4) is 0 Å². The highest BCUT2D eigenvalue weighted by atomic mass is 32.2. The Balaban J connectivity index is 1.82. The highest BCUT2D eigenvalue weighted by molar-refractivity contribution is 7.90. The summed E-state index contributed by atoms with van der Waals surface area (Å²) in [5.74, 6) is 0. The Kier molecular flexibility index (Phi) is 4.01. The summed E-state index contributed by atoms with van der Waals surface area (Å²) in [5.41, 5.74) is 2.79. The molecule has 4 rings (SSSR count). The fourth-order valence-electron chi connectivity index (χ4n) is 3.24. The Morgan fingerprint density at radius 1 is 0.960 bits per heavy atom. The molecule has 130 valence electrons. The van der Waals surface area contributed by atoms with Crippen molar-refractivity contribution in [2.24, 2.45) is 0 Å². The van der Waals surface area contributed by atoms with Crippen LogP contribution in [0.4, 0.5) is 5.69 Å². The third-order valence-corrected chi connectivity index (χ3v) is 6.31. The van der Waals surface area contributed by atoms with E-state index in [-0.39, 0.29) is 0 Å². The molecule has 0 bridgehead atoms. The molecule has 25 heavy (non-hydrogen) atoms. The van der Waals surface area contributed by atoms with E-state index in [0.717, 1.165) is 29.7 Å². The second-order valence-electron chi connectivity index (χ2n) is 6.24. The van der Waals surface area contributed by atoms with Gasteiger partial charge in [0.05, 0.1) is 23.6 Å². The molecule has 0 spiro atoms. The molecule has 0 saturated carbocycles. The van der Waals surface area contributed by atoms with Crippen molar-refractivity contribution >= 4 is 26.6 Å². The smallest absolute Gasteiger partial charge is 0.268 e. The molecule has 2 aromatic carbocycles. The van der Waals surface area contributed by atoms with Crippen molar-refractivity contribution in [3.63, 3.8) is 0 Å². The Labute approximate surface area is 147 Å². The number of benzene rings is 2. The topological polar surface area (TPSA) is 51.5 Å². The maximum Gasteiger partial charge on any atom is 0.268 e. The summed E-state index contributed by atoms with van der Waals surface area (Å²) >= 11 is 0. The molecular formula is C19H20N2O3S. The first kappa shape index (κ1) is 16.2. The minimum atomic E-state index is -3.61. The molecule has 1 aliphatic rings. The predicted octanol–water partition coefficient (Wildman–Crippen LogP) is 3.02. The van der Waals surface area contributed by atoms with E-state index in [2.05, 4.69) is 4.90 Å². The van der Waals surface area contributed by atoms with Gasteiger partial charge in [0, 0.05) is 30.4 Å². The van der Waals surface area contributed by atoms with Crippen molar-refractivity contribution in [1.82, 2.24) is 3.97 Å². The molecule has 0 aliphatic carbocycles. The van der Waals surface area contributed by atoms with Gasteiger partial charge >= 0.3 is 0 Å². The van der Waals surface area contributed by atoms with Gasteiger partial charge in [-0.15, -0.1) is 0 Å². The Morgan fingerprint density at radius 2 is 1.68 bits per heavy atom. The van der Waals surface area contributed by atoms with Gasteiger partial charge < -0.3 is 9.64 Å². The van der Waals surface area contributed by atoms with Crippen LogP contribution in [0.25, 0.3) is 10.9 Å². The fourth-order valence-corrected chi connectivity index (χ4v) is 4.59. The first-order chi connectivity index (χ1) is 12.1. The maximum absolute atomic E-state index is 13.0. The Morgan fingerprint density at radius 3 is 2.40 bits per heavy atom. The normalized spacial score (nSPS) is 15.6. The van der Waals surface area contributed by atoms with Crippen molar-refractivity contribution < 1.29 is 13.2 Å². The molecule has 6 heteroatoms. The third-order valence-electron chi connectivity index (χ3n) is 4.60. The summed E-state index contributed by atoms with van der Waals surface area (Å²) < 4.78 is 32.9. The number of hydrogen-bond acceptors (Lipinski definition) is 4. The summed E-state index contributed by atoms with van der Waals surface area (Å²) in [4.78, 5) is 2.54. The van der Waals surface area contributed by atoms with Gasteiger partial charge in [0.2, 0.25) is 0 Å². The molecule has 3 aromatic rings. The van der Waals surface area contributed by atoms with Gasteiger partial charge in [0.1, 0.15) is 0 Å². The zero-order chi connectivity index (χ0) is 17.4.